The lowest BCUT2D eigenvalue weighted by Crippen LogP contribution is -2.20. The Bertz CT molecular complexity index is 445. The maximum Gasteiger partial charge on any atom is 0.242 e. The predicted molar refractivity (Wildman–Crippen MR) is 79.0 cm³/mol. The van der Waals surface area contributed by atoms with Crippen molar-refractivity contribution in [2.45, 2.75) is 39.2 Å². The van der Waals surface area contributed by atoms with Gasteiger partial charge in [-0.05, 0) is 18.8 Å². The molecule has 6 nitrogen and oxygen atoms in total. The normalized spacial score (nSPS) is 18.5. The van der Waals surface area contributed by atoms with Crippen molar-refractivity contribution in [1.29, 1.82) is 0 Å². The second-order valence-electron chi connectivity index (χ2n) is 5.53. The molecule has 1 saturated heterocycles. The van der Waals surface area contributed by atoms with Gasteiger partial charge in [0.2, 0.25) is 5.88 Å². The van der Waals surface area contributed by atoms with Crippen LogP contribution < -0.4 is 15.8 Å². The summed E-state index contributed by atoms with van der Waals surface area (Å²) in [5, 5.41) is 3.26. The molecule has 0 aromatic carbocycles. The molecule has 6 heteroatoms. The van der Waals surface area contributed by atoms with Gasteiger partial charge in [-0.15, -0.1) is 0 Å². The van der Waals surface area contributed by atoms with Crippen molar-refractivity contribution in [3.63, 3.8) is 0 Å². The van der Waals surface area contributed by atoms with Gasteiger partial charge in [0.1, 0.15) is 11.5 Å². The van der Waals surface area contributed by atoms with Crippen LogP contribution in [0.15, 0.2) is 0 Å². The first-order valence-electron chi connectivity index (χ1n) is 7.16. The first kappa shape index (κ1) is 14.8. The Morgan fingerprint density at radius 1 is 1.45 bits per heavy atom. The van der Waals surface area contributed by atoms with Gasteiger partial charge in [-0.3, -0.25) is 0 Å². The molecular weight excluding hydrogens is 256 g/mol. The summed E-state index contributed by atoms with van der Waals surface area (Å²) in [4.78, 5) is 8.84. The molecule has 1 atom stereocenters. The first-order valence-corrected chi connectivity index (χ1v) is 7.16. The minimum absolute atomic E-state index is 0.240. The number of hydrogen-bond acceptors (Lipinski definition) is 6. The van der Waals surface area contributed by atoms with Crippen LogP contribution in [-0.4, -0.2) is 36.3 Å². The van der Waals surface area contributed by atoms with Crippen molar-refractivity contribution < 1.29 is 9.47 Å². The molecule has 1 fully saturated rings. The fourth-order valence-electron chi connectivity index (χ4n) is 2.26. The molecule has 20 heavy (non-hydrogen) atoms. The number of nitrogens with zero attached hydrogens (tertiary/aromatic N) is 2. The molecule has 2 heterocycles. The van der Waals surface area contributed by atoms with Crippen molar-refractivity contribution in [3.8, 4) is 5.88 Å². The molecule has 1 aliphatic heterocycles. The molecular formula is C14H24N4O2. The molecule has 3 N–H and O–H groups in total. The van der Waals surface area contributed by atoms with Gasteiger partial charge in [0.15, 0.2) is 5.82 Å². The molecule has 0 radical (unpaired) electrons. The van der Waals surface area contributed by atoms with Crippen LogP contribution in [0.1, 0.15) is 32.5 Å². The summed E-state index contributed by atoms with van der Waals surface area (Å²) in [6, 6.07) is 0. The molecule has 1 aromatic heterocycles. The van der Waals surface area contributed by atoms with E-state index in [9.17, 15) is 0 Å². The van der Waals surface area contributed by atoms with E-state index in [1.807, 2.05) is 0 Å². The summed E-state index contributed by atoms with van der Waals surface area (Å²) >= 11 is 0. The fraction of sp³-hybridized carbons (Fsp3) is 0.714. The van der Waals surface area contributed by atoms with Crippen LogP contribution in [0.2, 0.25) is 0 Å². The predicted octanol–water partition coefficient (Wildman–Crippen LogP) is 1.86. The third kappa shape index (κ3) is 3.72. The number of nitrogens with one attached hydrogen (secondary N) is 1. The largest absolute Gasteiger partial charge is 0.479 e. The van der Waals surface area contributed by atoms with Crippen molar-refractivity contribution in [2.24, 2.45) is 5.92 Å². The van der Waals surface area contributed by atoms with Crippen LogP contribution in [0.4, 0.5) is 11.5 Å². The Morgan fingerprint density at radius 3 is 2.85 bits per heavy atom. The summed E-state index contributed by atoms with van der Waals surface area (Å²) in [6.07, 6.45) is 3.23. The van der Waals surface area contributed by atoms with Crippen molar-refractivity contribution in [2.75, 3.05) is 31.3 Å². The number of hydrogen-bond donors (Lipinski definition) is 2. The van der Waals surface area contributed by atoms with Gasteiger partial charge in [0.25, 0.3) is 0 Å². The van der Waals surface area contributed by atoms with Gasteiger partial charge in [-0.1, -0.05) is 13.8 Å². The fourth-order valence-corrected chi connectivity index (χ4v) is 2.26. The second-order valence-corrected chi connectivity index (χ2v) is 5.53. The Hall–Kier alpha value is -1.56. The lowest BCUT2D eigenvalue weighted by atomic mass is 10.1. The topological polar surface area (TPSA) is 82.3 Å². The van der Waals surface area contributed by atoms with Gasteiger partial charge in [0.05, 0.1) is 13.2 Å². The molecule has 0 aliphatic carbocycles. The average Bonchev–Trinajstić information content (AvgIpc) is 2.91. The average molecular weight is 280 g/mol. The number of ether oxygens (including phenoxy) is 2. The highest BCUT2D eigenvalue weighted by atomic mass is 16.5. The highest BCUT2D eigenvalue weighted by Crippen LogP contribution is 2.27. The zero-order valence-corrected chi connectivity index (χ0v) is 12.5. The van der Waals surface area contributed by atoms with Gasteiger partial charge in [-0.25, -0.2) is 4.98 Å². The van der Waals surface area contributed by atoms with E-state index in [2.05, 4.69) is 29.1 Å². The van der Waals surface area contributed by atoms with Crippen LogP contribution in [-0.2, 0) is 11.2 Å². The monoisotopic (exact) mass is 280 g/mol. The van der Waals surface area contributed by atoms with E-state index >= 15 is 0 Å². The van der Waals surface area contributed by atoms with Crippen LogP contribution >= 0.6 is 0 Å². The zero-order valence-electron chi connectivity index (χ0n) is 12.5. The van der Waals surface area contributed by atoms with Gasteiger partial charge >= 0.3 is 0 Å². The third-order valence-corrected chi connectivity index (χ3v) is 3.26. The quantitative estimate of drug-likeness (QED) is 0.827. The Labute approximate surface area is 120 Å². The summed E-state index contributed by atoms with van der Waals surface area (Å²) in [6.45, 7) is 5.82. The van der Waals surface area contributed by atoms with Gasteiger partial charge in [-0.2, -0.15) is 4.98 Å². The van der Waals surface area contributed by atoms with Crippen molar-refractivity contribution >= 4 is 11.5 Å². The maximum atomic E-state index is 6.02. The Kier molecular flexibility index (Phi) is 5.00. The molecule has 0 spiro atoms. The molecule has 1 aliphatic rings. The molecule has 112 valence electrons. The number of aromatic nitrogens is 2. The standard InChI is InChI=1S/C14H24N4O2/c1-9(2)7-11-17-13(12(15)14(18-11)19-3)16-8-10-5-4-6-20-10/h9-10H,4-8,15H2,1-3H3,(H,16,17,18). The minimum atomic E-state index is 0.240. The summed E-state index contributed by atoms with van der Waals surface area (Å²) in [5.41, 5.74) is 6.48. The smallest absolute Gasteiger partial charge is 0.242 e. The summed E-state index contributed by atoms with van der Waals surface area (Å²) < 4.78 is 10.8. The number of nitrogens with two attached hydrogens (primary N) is 1. The summed E-state index contributed by atoms with van der Waals surface area (Å²) in [7, 11) is 1.57. The maximum absolute atomic E-state index is 6.02. The highest BCUT2D eigenvalue weighted by molar-refractivity contribution is 5.66. The molecule has 1 aromatic rings. The SMILES string of the molecule is COc1nc(CC(C)C)nc(NCC2CCCO2)c1N. The van der Waals surface area contributed by atoms with E-state index in [1.54, 1.807) is 7.11 Å². The minimum Gasteiger partial charge on any atom is -0.479 e. The first-order chi connectivity index (χ1) is 9.60. The Balaban J connectivity index is 2.11. The lowest BCUT2D eigenvalue weighted by Gasteiger charge is -2.15. The van der Waals surface area contributed by atoms with Crippen molar-refractivity contribution in [1.82, 2.24) is 9.97 Å². The third-order valence-electron chi connectivity index (χ3n) is 3.26. The van der Waals surface area contributed by atoms with Crippen LogP contribution in [0.5, 0.6) is 5.88 Å². The molecule has 0 bridgehead atoms. The highest BCUT2D eigenvalue weighted by Gasteiger charge is 2.18. The summed E-state index contributed by atoms with van der Waals surface area (Å²) in [5.74, 6) is 2.31. The molecule has 2 rings (SSSR count). The zero-order chi connectivity index (χ0) is 14.5. The van der Waals surface area contributed by atoms with E-state index in [0.29, 0.717) is 29.8 Å². The molecule has 0 saturated carbocycles. The molecule has 0 amide bonds. The van der Waals surface area contributed by atoms with Crippen LogP contribution in [0.25, 0.3) is 0 Å². The molecule has 1 unspecified atom stereocenters. The van der Waals surface area contributed by atoms with E-state index < -0.39 is 0 Å². The van der Waals surface area contributed by atoms with E-state index in [0.717, 1.165) is 31.7 Å². The van der Waals surface area contributed by atoms with E-state index in [1.165, 1.54) is 0 Å². The van der Waals surface area contributed by atoms with Crippen molar-refractivity contribution in [3.05, 3.63) is 5.82 Å². The number of anilines is 2. The number of rotatable bonds is 6. The van der Waals surface area contributed by atoms with Crippen LogP contribution in [0.3, 0.4) is 0 Å². The second kappa shape index (κ2) is 6.74. The van der Waals surface area contributed by atoms with Gasteiger partial charge in [0, 0.05) is 19.6 Å². The van der Waals surface area contributed by atoms with E-state index in [-0.39, 0.29) is 6.10 Å². The number of methoxy groups -OCH3 is 1. The lowest BCUT2D eigenvalue weighted by molar-refractivity contribution is 0.120. The van der Waals surface area contributed by atoms with Gasteiger partial charge < -0.3 is 20.5 Å². The van der Waals surface area contributed by atoms with E-state index in [4.69, 9.17) is 15.2 Å². The van der Waals surface area contributed by atoms with Crippen LogP contribution in [0, 0.1) is 5.92 Å². The number of nitrogen functional groups attached to an aromatic ring is 1. The Morgan fingerprint density at radius 2 is 2.25 bits per heavy atom.